The van der Waals surface area contributed by atoms with Gasteiger partial charge in [0.25, 0.3) is 5.91 Å². The molecular weight excluding hydrogens is 305 g/mol. The molecule has 0 radical (unpaired) electrons. The standard InChI is InChI=1S/C19H24FN3O/c1-3-23-8-6-14(7-9-23)12-21-19(24)17-10-13(2)22-18-11-15(20)4-5-16(17)18/h4-5,10-11,14H,3,6-9,12H2,1-2H3,(H,21,24). The number of benzene rings is 1. The average molecular weight is 329 g/mol. The lowest BCUT2D eigenvalue weighted by Crippen LogP contribution is -2.38. The number of likely N-dealkylation sites (tertiary alicyclic amines) is 1. The molecule has 0 atom stereocenters. The Morgan fingerprint density at radius 2 is 2.08 bits per heavy atom. The Morgan fingerprint density at radius 1 is 1.33 bits per heavy atom. The van der Waals surface area contributed by atoms with Gasteiger partial charge in [-0.25, -0.2) is 4.39 Å². The fourth-order valence-electron chi connectivity index (χ4n) is 3.36. The van der Waals surface area contributed by atoms with Crippen molar-refractivity contribution >= 4 is 16.8 Å². The minimum absolute atomic E-state index is 0.102. The number of nitrogens with zero attached hydrogens (tertiary/aromatic N) is 2. The summed E-state index contributed by atoms with van der Waals surface area (Å²) in [6, 6.07) is 6.15. The van der Waals surface area contributed by atoms with Crippen LogP contribution < -0.4 is 5.32 Å². The Labute approximate surface area is 142 Å². The number of hydrogen-bond donors (Lipinski definition) is 1. The van der Waals surface area contributed by atoms with Gasteiger partial charge in [-0.3, -0.25) is 9.78 Å². The third kappa shape index (κ3) is 3.73. The highest BCUT2D eigenvalue weighted by molar-refractivity contribution is 6.06. The summed E-state index contributed by atoms with van der Waals surface area (Å²) in [6.07, 6.45) is 2.24. The highest BCUT2D eigenvalue weighted by Crippen LogP contribution is 2.20. The van der Waals surface area contributed by atoms with Gasteiger partial charge < -0.3 is 10.2 Å². The maximum absolute atomic E-state index is 13.4. The molecule has 0 unspecified atom stereocenters. The van der Waals surface area contributed by atoms with E-state index < -0.39 is 0 Å². The maximum atomic E-state index is 13.4. The zero-order chi connectivity index (χ0) is 17.1. The van der Waals surface area contributed by atoms with Crippen LogP contribution in [0.2, 0.25) is 0 Å². The number of aromatic nitrogens is 1. The summed E-state index contributed by atoms with van der Waals surface area (Å²) in [5.41, 5.74) is 1.81. The molecule has 0 aliphatic carbocycles. The van der Waals surface area contributed by atoms with E-state index in [1.807, 2.05) is 6.92 Å². The summed E-state index contributed by atoms with van der Waals surface area (Å²) in [5.74, 6) is 0.0908. The highest BCUT2D eigenvalue weighted by atomic mass is 19.1. The Balaban J connectivity index is 1.70. The van der Waals surface area contributed by atoms with Crippen LogP contribution in [-0.4, -0.2) is 42.0 Å². The molecule has 1 aliphatic heterocycles. The molecule has 0 bridgehead atoms. The Hall–Kier alpha value is -2.01. The Bertz CT molecular complexity index is 733. The quantitative estimate of drug-likeness (QED) is 0.937. The van der Waals surface area contributed by atoms with Crippen molar-refractivity contribution in [2.24, 2.45) is 5.92 Å². The normalized spacial score (nSPS) is 16.5. The minimum atomic E-state index is -0.338. The smallest absolute Gasteiger partial charge is 0.252 e. The van der Waals surface area contributed by atoms with Crippen molar-refractivity contribution in [3.05, 3.63) is 41.3 Å². The fraction of sp³-hybridized carbons (Fsp3) is 0.474. The van der Waals surface area contributed by atoms with E-state index >= 15 is 0 Å². The summed E-state index contributed by atoms with van der Waals surface area (Å²) in [4.78, 5) is 19.4. The Morgan fingerprint density at radius 3 is 2.79 bits per heavy atom. The molecule has 4 nitrogen and oxygen atoms in total. The number of rotatable bonds is 4. The first-order chi connectivity index (χ1) is 11.6. The first-order valence-corrected chi connectivity index (χ1v) is 8.64. The topological polar surface area (TPSA) is 45.2 Å². The van der Waals surface area contributed by atoms with Gasteiger partial charge in [0.15, 0.2) is 0 Å². The van der Waals surface area contributed by atoms with Crippen LogP contribution in [0.25, 0.3) is 10.9 Å². The first-order valence-electron chi connectivity index (χ1n) is 8.64. The van der Waals surface area contributed by atoms with E-state index in [1.165, 1.54) is 12.1 Å². The molecule has 1 fully saturated rings. The lowest BCUT2D eigenvalue weighted by atomic mass is 9.96. The molecule has 2 aromatic rings. The molecule has 0 spiro atoms. The summed E-state index contributed by atoms with van der Waals surface area (Å²) >= 11 is 0. The van der Waals surface area contributed by atoms with Gasteiger partial charge in [-0.05, 0) is 63.5 Å². The predicted molar refractivity (Wildman–Crippen MR) is 93.6 cm³/mol. The van der Waals surface area contributed by atoms with E-state index in [9.17, 15) is 9.18 Å². The molecule has 0 saturated carbocycles. The number of piperidine rings is 1. The maximum Gasteiger partial charge on any atom is 0.252 e. The average Bonchev–Trinajstić information content (AvgIpc) is 2.59. The number of carbonyl (C=O) groups excluding carboxylic acids is 1. The van der Waals surface area contributed by atoms with Crippen LogP contribution in [0.4, 0.5) is 4.39 Å². The van der Waals surface area contributed by atoms with Gasteiger partial charge in [0.1, 0.15) is 5.82 Å². The monoisotopic (exact) mass is 329 g/mol. The van der Waals surface area contributed by atoms with Gasteiger partial charge in [0, 0.05) is 23.7 Å². The van der Waals surface area contributed by atoms with Crippen molar-refractivity contribution in [3.63, 3.8) is 0 Å². The highest BCUT2D eigenvalue weighted by Gasteiger charge is 2.19. The van der Waals surface area contributed by atoms with Gasteiger partial charge in [0.2, 0.25) is 0 Å². The van der Waals surface area contributed by atoms with E-state index in [0.29, 0.717) is 28.9 Å². The van der Waals surface area contributed by atoms with Gasteiger partial charge >= 0.3 is 0 Å². The summed E-state index contributed by atoms with van der Waals surface area (Å²) in [5, 5.41) is 3.75. The van der Waals surface area contributed by atoms with Crippen molar-refractivity contribution in [3.8, 4) is 0 Å². The van der Waals surface area contributed by atoms with E-state index in [0.717, 1.165) is 38.2 Å². The number of halogens is 1. The molecule has 3 rings (SSSR count). The van der Waals surface area contributed by atoms with E-state index in [4.69, 9.17) is 0 Å². The lowest BCUT2D eigenvalue weighted by molar-refractivity contribution is 0.0938. The molecular formula is C19H24FN3O. The van der Waals surface area contributed by atoms with Gasteiger partial charge in [0.05, 0.1) is 11.1 Å². The summed E-state index contributed by atoms with van der Waals surface area (Å²) in [6.45, 7) is 8.00. The second-order valence-corrected chi connectivity index (χ2v) is 6.56. The van der Waals surface area contributed by atoms with E-state index in [1.54, 1.807) is 12.1 Å². The van der Waals surface area contributed by atoms with Crippen molar-refractivity contribution in [2.45, 2.75) is 26.7 Å². The zero-order valence-corrected chi connectivity index (χ0v) is 14.3. The second-order valence-electron chi connectivity index (χ2n) is 6.56. The number of carbonyl (C=O) groups is 1. The van der Waals surface area contributed by atoms with Crippen LogP contribution >= 0.6 is 0 Å². The molecule has 1 aliphatic rings. The van der Waals surface area contributed by atoms with Gasteiger partial charge in [-0.2, -0.15) is 0 Å². The molecule has 1 N–H and O–H groups in total. The van der Waals surface area contributed by atoms with Gasteiger partial charge in [-0.15, -0.1) is 0 Å². The van der Waals surface area contributed by atoms with Crippen LogP contribution in [0.15, 0.2) is 24.3 Å². The van der Waals surface area contributed by atoms with Crippen LogP contribution in [0, 0.1) is 18.7 Å². The molecule has 128 valence electrons. The molecule has 1 amide bonds. The third-order valence-electron chi connectivity index (χ3n) is 4.85. The molecule has 5 heteroatoms. The molecule has 1 saturated heterocycles. The summed E-state index contributed by atoms with van der Waals surface area (Å²) in [7, 11) is 0. The zero-order valence-electron chi connectivity index (χ0n) is 14.3. The summed E-state index contributed by atoms with van der Waals surface area (Å²) < 4.78 is 13.4. The predicted octanol–water partition coefficient (Wildman–Crippen LogP) is 3.14. The fourth-order valence-corrected chi connectivity index (χ4v) is 3.36. The first kappa shape index (κ1) is 16.8. The number of nitrogens with one attached hydrogen (secondary N) is 1. The van der Waals surface area contributed by atoms with Crippen molar-refractivity contribution in [1.29, 1.82) is 0 Å². The number of pyridine rings is 1. The number of aryl methyl sites for hydroxylation is 1. The van der Waals surface area contributed by atoms with Crippen LogP contribution in [0.5, 0.6) is 0 Å². The minimum Gasteiger partial charge on any atom is -0.352 e. The van der Waals surface area contributed by atoms with Gasteiger partial charge in [-0.1, -0.05) is 6.92 Å². The van der Waals surface area contributed by atoms with Crippen molar-refractivity contribution in [1.82, 2.24) is 15.2 Å². The molecule has 1 aromatic carbocycles. The lowest BCUT2D eigenvalue weighted by Gasteiger charge is -2.31. The van der Waals surface area contributed by atoms with Crippen molar-refractivity contribution < 1.29 is 9.18 Å². The Kier molecular flexibility index (Phi) is 5.09. The SMILES string of the molecule is CCN1CCC(CNC(=O)c2cc(C)nc3cc(F)ccc23)CC1. The third-order valence-corrected chi connectivity index (χ3v) is 4.85. The molecule has 2 heterocycles. The van der Waals surface area contributed by atoms with Crippen LogP contribution in [0.1, 0.15) is 35.8 Å². The number of amides is 1. The second kappa shape index (κ2) is 7.26. The number of hydrogen-bond acceptors (Lipinski definition) is 3. The molecule has 1 aromatic heterocycles. The van der Waals surface area contributed by atoms with Crippen LogP contribution in [0.3, 0.4) is 0 Å². The molecule has 24 heavy (non-hydrogen) atoms. The number of fused-ring (bicyclic) bond motifs is 1. The van der Waals surface area contributed by atoms with E-state index in [2.05, 4.69) is 22.1 Å². The van der Waals surface area contributed by atoms with Crippen molar-refractivity contribution in [2.75, 3.05) is 26.2 Å². The van der Waals surface area contributed by atoms with Crippen LogP contribution in [-0.2, 0) is 0 Å². The largest absolute Gasteiger partial charge is 0.352 e. The van der Waals surface area contributed by atoms with E-state index in [-0.39, 0.29) is 11.7 Å².